The SMILES string of the molecule is C=C(C=CC(=O)O)C(=O)OCCCCCC.C=CC(=O)OCc1ccccc1. The van der Waals surface area contributed by atoms with Crippen molar-refractivity contribution in [3.8, 4) is 0 Å². The molecule has 0 saturated heterocycles. The summed E-state index contributed by atoms with van der Waals surface area (Å²) in [6.45, 7) is 9.49. The molecule has 6 heteroatoms. The molecule has 1 aromatic carbocycles. The lowest BCUT2D eigenvalue weighted by Gasteiger charge is -2.03. The second-order valence-corrected chi connectivity index (χ2v) is 5.69. The molecule has 28 heavy (non-hydrogen) atoms. The number of hydrogen-bond acceptors (Lipinski definition) is 5. The summed E-state index contributed by atoms with van der Waals surface area (Å²) >= 11 is 0. The van der Waals surface area contributed by atoms with Gasteiger partial charge >= 0.3 is 17.9 Å². The van der Waals surface area contributed by atoms with Crippen molar-refractivity contribution in [1.82, 2.24) is 0 Å². The van der Waals surface area contributed by atoms with Crippen molar-refractivity contribution in [2.45, 2.75) is 39.2 Å². The summed E-state index contributed by atoms with van der Waals surface area (Å²) < 4.78 is 9.72. The molecule has 152 valence electrons. The Kier molecular flexibility index (Phi) is 14.2. The number of unbranched alkanes of at least 4 members (excludes halogenated alkanes) is 3. The maximum absolute atomic E-state index is 11.2. The predicted octanol–water partition coefficient (Wildman–Crippen LogP) is 4.22. The van der Waals surface area contributed by atoms with E-state index in [9.17, 15) is 14.4 Å². The third-order valence-electron chi connectivity index (χ3n) is 3.31. The van der Waals surface area contributed by atoms with E-state index in [1.54, 1.807) is 0 Å². The van der Waals surface area contributed by atoms with Gasteiger partial charge in [0.05, 0.1) is 12.2 Å². The standard InChI is InChI=1S/C12H18O4.C10H10O2/c1-3-4-5-6-9-16-12(15)10(2)7-8-11(13)14;1-2-10(11)12-8-9-6-4-3-5-7-9/h7-8H,2-6,9H2,1H3,(H,13,14);2-7H,1,8H2. The van der Waals surface area contributed by atoms with Crippen LogP contribution in [0, 0.1) is 0 Å². The fraction of sp³-hybridized carbons (Fsp3) is 0.318. The summed E-state index contributed by atoms with van der Waals surface area (Å²) in [6.07, 6.45) is 7.26. The molecule has 1 aromatic rings. The number of carboxylic acids is 1. The first-order valence-corrected chi connectivity index (χ1v) is 9.00. The minimum Gasteiger partial charge on any atom is -0.478 e. The van der Waals surface area contributed by atoms with Crippen molar-refractivity contribution in [3.63, 3.8) is 0 Å². The summed E-state index contributed by atoms with van der Waals surface area (Å²) in [7, 11) is 0. The Balaban J connectivity index is 0.000000540. The topological polar surface area (TPSA) is 89.9 Å². The molecule has 0 aliphatic carbocycles. The van der Waals surface area contributed by atoms with Crippen LogP contribution in [0.3, 0.4) is 0 Å². The molecule has 0 amide bonds. The van der Waals surface area contributed by atoms with Crippen molar-refractivity contribution in [2.24, 2.45) is 0 Å². The van der Waals surface area contributed by atoms with E-state index < -0.39 is 11.9 Å². The molecule has 0 saturated carbocycles. The van der Waals surface area contributed by atoms with Crippen LogP contribution in [0.4, 0.5) is 0 Å². The lowest BCUT2D eigenvalue weighted by atomic mass is 10.2. The molecule has 0 spiro atoms. The maximum Gasteiger partial charge on any atom is 0.337 e. The normalized spacial score (nSPS) is 9.75. The second-order valence-electron chi connectivity index (χ2n) is 5.69. The van der Waals surface area contributed by atoms with E-state index in [-0.39, 0.29) is 11.5 Å². The van der Waals surface area contributed by atoms with Crippen molar-refractivity contribution < 1.29 is 29.0 Å². The first-order chi connectivity index (χ1) is 13.4. The zero-order valence-corrected chi connectivity index (χ0v) is 16.3. The monoisotopic (exact) mass is 388 g/mol. The molecule has 0 aliphatic rings. The van der Waals surface area contributed by atoms with Crippen LogP contribution in [0.25, 0.3) is 0 Å². The van der Waals surface area contributed by atoms with Gasteiger partial charge in [0.2, 0.25) is 0 Å². The molecule has 0 heterocycles. The van der Waals surface area contributed by atoms with Gasteiger partial charge < -0.3 is 14.6 Å². The van der Waals surface area contributed by atoms with Crippen LogP contribution in [-0.4, -0.2) is 29.6 Å². The van der Waals surface area contributed by atoms with Gasteiger partial charge in [-0.05, 0) is 18.1 Å². The molecule has 0 radical (unpaired) electrons. The molecule has 0 aliphatic heterocycles. The van der Waals surface area contributed by atoms with Gasteiger partial charge in [0.25, 0.3) is 0 Å². The molecule has 6 nitrogen and oxygen atoms in total. The van der Waals surface area contributed by atoms with Crippen LogP contribution in [0.5, 0.6) is 0 Å². The van der Waals surface area contributed by atoms with Crippen LogP contribution in [-0.2, 0) is 30.5 Å². The lowest BCUT2D eigenvalue weighted by Crippen LogP contribution is -2.07. The van der Waals surface area contributed by atoms with E-state index in [1.807, 2.05) is 30.3 Å². The van der Waals surface area contributed by atoms with Crippen molar-refractivity contribution in [2.75, 3.05) is 6.61 Å². The average molecular weight is 388 g/mol. The van der Waals surface area contributed by atoms with Gasteiger partial charge in [-0.2, -0.15) is 0 Å². The third-order valence-corrected chi connectivity index (χ3v) is 3.31. The van der Waals surface area contributed by atoms with E-state index >= 15 is 0 Å². The summed E-state index contributed by atoms with van der Waals surface area (Å²) in [5.41, 5.74) is 1.03. The first-order valence-electron chi connectivity index (χ1n) is 9.00. The molecule has 0 atom stereocenters. The highest BCUT2D eigenvalue weighted by Gasteiger charge is 2.05. The fourth-order valence-corrected chi connectivity index (χ4v) is 1.81. The Morgan fingerprint density at radius 1 is 1.04 bits per heavy atom. The van der Waals surface area contributed by atoms with Crippen LogP contribution in [0.1, 0.15) is 38.2 Å². The van der Waals surface area contributed by atoms with Gasteiger partial charge in [0.1, 0.15) is 6.61 Å². The molecule has 0 bridgehead atoms. The van der Waals surface area contributed by atoms with Gasteiger partial charge in [0, 0.05) is 12.2 Å². The molecular formula is C22H28O6. The number of esters is 2. The number of carbonyl (C=O) groups is 3. The number of aliphatic carboxylic acids is 1. The van der Waals surface area contributed by atoms with Crippen molar-refractivity contribution in [3.05, 3.63) is 72.9 Å². The zero-order chi connectivity index (χ0) is 21.2. The van der Waals surface area contributed by atoms with Crippen LogP contribution in [0.15, 0.2) is 67.3 Å². The van der Waals surface area contributed by atoms with E-state index in [2.05, 4.69) is 20.1 Å². The van der Waals surface area contributed by atoms with Crippen LogP contribution < -0.4 is 0 Å². The molecule has 1 N–H and O–H groups in total. The average Bonchev–Trinajstić information content (AvgIpc) is 2.71. The molecule has 0 fully saturated rings. The van der Waals surface area contributed by atoms with E-state index in [1.165, 1.54) is 0 Å². The first kappa shape index (κ1) is 24.8. The highest BCUT2D eigenvalue weighted by molar-refractivity contribution is 5.93. The largest absolute Gasteiger partial charge is 0.478 e. The summed E-state index contributed by atoms with van der Waals surface area (Å²) in [5.74, 6) is -2.07. The second kappa shape index (κ2) is 16.1. The predicted molar refractivity (Wildman–Crippen MR) is 107 cm³/mol. The minimum atomic E-state index is -1.11. The molecule has 0 unspecified atom stereocenters. The number of carbonyl (C=O) groups excluding carboxylic acids is 2. The summed E-state index contributed by atoms with van der Waals surface area (Å²) in [5, 5.41) is 8.34. The highest BCUT2D eigenvalue weighted by Crippen LogP contribution is 2.02. The molecule has 0 aromatic heterocycles. The number of benzene rings is 1. The highest BCUT2D eigenvalue weighted by atomic mass is 16.5. The van der Waals surface area contributed by atoms with E-state index in [4.69, 9.17) is 14.6 Å². The third kappa shape index (κ3) is 14.1. The maximum atomic E-state index is 11.2. The van der Waals surface area contributed by atoms with Crippen LogP contribution in [0.2, 0.25) is 0 Å². The lowest BCUT2D eigenvalue weighted by molar-refractivity contribution is -0.139. The van der Waals surface area contributed by atoms with Gasteiger partial charge in [-0.1, -0.05) is 69.7 Å². The molecule has 1 rings (SSSR count). The number of rotatable bonds is 11. The number of hydrogen-bond donors (Lipinski definition) is 1. The van der Waals surface area contributed by atoms with E-state index in [0.29, 0.717) is 13.2 Å². The van der Waals surface area contributed by atoms with Crippen molar-refractivity contribution in [1.29, 1.82) is 0 Å². The Morgan fingerprint density at radius 2 is 1.71 bits per heavy atom. The number of carboxylic acid groups (broad SMARTS) is 1. The Bertz CT molecular complexity index is 661. The summed E-state index contributed by atoms with van der Waals surface area (Å²) in [6, 6.07) is 9.51. The zero-order valence-electron chi connectivity index (χ0n) is 16.3. The van der Waals surface area contributed by atoms with E-state index in [0.717, 1.165) is 49.5 Å². The Labute approximate surface area is 166 Å². The quantitative estimate of drug-likeness (QED) is 0.264. The fourth-order valence-electron chi connectivity index (χ4n) is 1.81. The van der Waals surface area contributed by atoms with Crippen LogP contribution >= 0.6 is 0 Å². The molecular weight excluding hydrogens is 360 g/mol. The van der Waals surface area contributed by atoms with Gasteiger partial charge in [0.15, 0.2) is 0 Å². The van der Waals surface area contributed by atoms with Crippen molar-refractivity contribution >= 4 is 17.9 Å². The number of ether oxygens (including phenoxy) is 2. The Morgan fingerprint density at radius 3 is 2.29 bits per heavy atom. The summed E-state index contributed by atoms with van der Waals surface area (Å²) in [4.78, 5) is 32.0. The van der Waals surface area contributed by atoms with Gasteiger partial charge in [-0.3, -0.25) is 0 Å². The van der Waals surface area contributed by atoms with Gasteiger partial charge in [-0.15, -0.1) is 0 Å². The Hall–Kier alpha value is -3.15. The van der Waals surface area contributed by atoms with Gasteiger partial charge in [-0.25, -0.2) is 14.4 Å². The smallest absolute Gasteiger partial charge is 0.337 e. The minimum absolute atomic E-state index is 0.0536.